The first-order valence-corrected chi connectivity index (χ1v) is 12.5. The van der Waals surface area contributed by atoms with Crippen LogP contribution in [0.3, 0.4) is 0 Å². The molecule has 1 atom stereocenters. The number of aryl methyl sites for hydroxylation is 3. The molecule has 0 N–H and O–H groups in total. The first-order chi connectivity index (χ1) is 15.6. The molecular weight excluding hydrogens is 444 g/mol. The second-order valence-corrected chi connectivity index (χ2v) is 10.2. The van der Waals surface area contributed by atoms with Gasteiger partial charge in [-0.15, -0.1) is 11.3 Å². The topological polar surface area (TPSA) is 58.4 Å². The Bertz CT molecular complexity index is 1190. The van der Waals surface area contributed by atoms with E-state index in [1.54, 1.807) is 22.2 Å². The number of halogens is 1. The summed E-state index contributed by atoms with van der Waals surface area (Å²) < 4.78 is 1.73. The SMILES string of the molecule is O=CN1CCCN([C@@H]2CCc3c(sc4ncn(CCc5ccccc5Cl)c(=O)c34)C2)CC1. The summed E-state index contributed by atoms with van der Waals surface area (Å²) in [6, 6.07) is 8.25. The molecule has 3 heterocycles. The van der Waals surface area contributed by atoms with Crippen LogP contribution in [-0.4, -0.2) is 58.0 Å². The van der Waals surface area contributed by atoms with Crippen LogP contribution in [0, 0.1) is 0 Å². The molecule has 5 rings (SSSR count). The average molecular weight is 471 g/mol. The highest BCUT2D eigenvalue weighted by atomic mass is 35.5. The van der Waals surface area contributed by atoms with Crippen molar-refractivity contribution in [2.45, 2.75) is 44.7 Å². The van der Waals surface area contributed by atoms with Crippen molar-refractivity contribution < 1.29 is 4.79 Å². The van der Waals surface area contributed by atoms with Crippen molar-refractivity contribution in [3.63, 3.8) is 0 Å². The van der Waals surface area contributed by atoms with E-state index in [4.69, 9.17) is 11.6 Å². The van der Waals surface area contributed by atoms with Crippen LogP contribution in [0.2, 0.25) is 5.02 Å². The third-order valence-corrected chi connectivity index (χ3v) is 8.35. The monoisotopic (exact) mass is 470 g/mol. The minimum atomic E-state index is 0.0643. The molecule has 0 bridgehead atoms. The van der Waals surface area contributed by atoms with Crippen LogP contribution in [-0.2, 0) is 30.6 Å². The van der Waals surface area contributed by atoms with E-state index in [0.29, 0.717) is 19.0 Å². The lowest BCUT2D eigenvalue weighted by molar-refractivity contribution is -0.118. The number of carbonyl (C=O) groups is 1. The van der Waals surface area contributed by atoms with Crippen LogP contribution in [0.4, 0.5) is 0 Å². The fourth-order valence-corrected chi connectivity index (χ4v) is 6.50. The van der Waals surface area contributed by atoms with Crippen LogP contribution in [0.25, 0.3) is 10.2 Å². The predicted molar refractivity (Wildman–Crippen MR) is 129 cm³/mol. The Morgan fingerprint density at radius 3 is 2.91 bits per heavy atom. The van der Waals surface area contributed by atoms with Crippen LogP contribution in [0.1, 0.15) is 28.8 Å². The summed E-state index contributed by atoms with van der Waals surface area (Å²) >= 11 is 7.96. The highest BCUT2D eigenvalue weighted by Crippen LogP contribution is 2.35. The molecule has 32 heavy (non-hydrogen) atoms. The molecular formula is C24H27ClN4O2S. The van der Waals surface area contributed by atoms with Crippen molar-refractivity contribution >= 4 is 39.6 Å². The molecule has 0 saturated carbocycles. The fourth-order valence-electron chi connectivity index (χ4n) is 5.02. The van der Waals surface area contributed by atoms with Crippen LogP contribution in [0.15, 0.2) is 35.4 Å². The largest absolute Gasteiger partial charge is 0.344 e. The van der Waals surface area contributed by atoms with E-state index in [0.717, 1.165) is 79.1 Å². The lowest BCUT2D eigenvalue weighted by Crippen LogP contribution is -2.41. The van der Waals surface area contributed by atoms with Gasteiger partial charge in [0.2, 0.25) is 6.41 Å². The number of benzene rings is 1. The second kappa shape index (κ2) is 9.33. The minimum absolute atomic E-state index is 0.0643. The zero-order valence-corrected chi connectivity index (χ0v) is 19.6. The van der Waals surface area contributed by atoms with Gasteiger partial charge in [0.15, 0.2) is 0 Å². The third kappa shape index (κ3) is 4.21. The molecule has 2 aromatic heterocycles. The molecule has 0 unspecified atom stereocenters. The van der Waals surface area contributed by atoms with Crippen LogP contribution < -0.4 is 5.56 Å². The average Bonchev–Trinajstić information content (AvgIpc) is 3.01. The van der Waals surface area contributed by atoms with Gasteiger partial charge in [-0.25, -0.2) is 4.98 Å². The van der Waals surface area contributed by atoms with Gasteiger partial charge in [-0.2, -0.15) is 0 Å². The quantitative estimate of drug-likeness (QED) is 0.536. The van der Waals surface area contributed by atoms with E-state index in [1.165, 1.54) is 10.4 Å². The number of hydrogen-bond acceptors (Lipinski definition) is 5. The van der Waals surface area contributed by atoms with Gasteiger partial charge < -0.3 is 4.90 Å². The Hall–Kier alpha value is -2.22. The van der Waals surface area contributed by atoms with E-state index in [-0.39, 0.29) is 5.56 Å². The third-order valence-electron chi connectivity index (χ3n) is 6.82. The molecule has 2 aliphatic rings. The van der Waals surface area contributed by atoms with Crippen LogP contribution >= 0.6 is 22.9 Å². The molecule has 8 heteroatoms. The molecule has 0 spiro atoms. The molecule has 168 valence electrons. The smallest absolute Gasteiger partial charge is 0.262 e. The molecule has 0 radical (unpaired) electrons. The summed E-state index contributed by atoms with van der Waals surface area (Å²) in [5.41, 5.74) is 2.31. The van der Waals surface area contributed by atoms with Gasteiger partial charge in [-0.1, -0.05) is 29.8 Å². The number of nitrogens with zero attached hydrogens (tertiary/aromatic N) is 4. The zero-order valence-electron chi connectivity index (χ0n) is 18.0. The van der Waals surface area contributed by atoms with Crippen molar-refractivity contribution in [3.05, 3.63) is 62.0 Å². The summed E-state index contributed by atoms with van der Waals surface area (Å²) in [5, 5.41) is 1.55. The van der Waals surface area contributed by atoms with Crippen LogP contribution in [0.5, 0.6) is 0 Å². The van der Waals surface area contributed by atoms with Crippen molar-refractivity contribution in [1.29, 1.82) is 0 Å². The van der Waals surface area contributed by atoms with Gasteiger partial charge in [0.05, 0.1) is 11.7 Å². The maximum atomic E-state index is 13.3. The normalized spacial score (nSPS) is 19.7. The number of fused-ring (bicyclic) bond motifs is 3. The van der Waals surface area contributed by atoms with Gasteiger partial charge in [-0.05, 0) is 49.3 Å². The predicted octanol–water partition coefficient (Wildman–Crippen LogP) is 3.38. The summed E-state index contributed by atoms with van der Waals surface area (Å²) in [6.07, 6.45) is 7.31. The molecule has 1 aromatic carbocycles. The molecule has 6 nitrogen and oxygen atoms in total. The minimum Gasteiger partial charge on any atom is -0.344 e. The standard InChI is InChI=1S/C24H27ClN4O2S/c25-20-5-2-1-4-17(20)8-11-29-15-26-23-22(24(29)31)19-7-6-18(14-21(19)32-23)28-10-3-9-27(16-30)12-13-28/h1-2,4-5,15-16,18H,3,6-14H2/t18-/m1/s1. The maximum absolute atomic E-state index is 13.3. The number of rotatable bonds is 5. The first kappa shape index (κ1) is 21.6. The highest BCUT2D eigenvalue weighted by Gasteiger charge is 2.29. The summed E-state index contributed by atoms with van der Waals surface area (Å²) in [6.45, 7) is 4.17. The molecule has 1 aliphatic carbocycles. The lowest BCUT2D eigenvalue weighted by atomic mass is 9.92. The van der Waals surface area contributed by atoms with E-state index in [2.05, 4.69) is 9.88 Å². The van der Waals surface area contributed by atoms with Crippen molar-refractivity contribution in [3.8, 4) is 0 Å². The maximum Gasteiger partial charge on any atom is 0.262 e. The lowest BCUT2D eigenvalue weighted by Gasteiger charge is -2.33. The number of amides is 1. The summed E-state index contributed by atoms with van der Waals surface area (Å²) in [5.74, 6) is 0. The highest BCUT2D eigenvalue weighted by molar-refractivity contribution is 7.18. The Kier molecular flexibility index (Phi) is 6.31. The molecule has 1 saturated heterocycles. The number of aromatic nitrogens is 2. The Morgan fingerprint density at radius 2 is 2.06 bits per heavy atom. The Balaban J connectivity index is 1.35. The van der Waals surface area contributed by atoms with E-state index >= 15 is 0 Å². The first-order valence-electron chi connectivity index (χ1n) is 11.3. The van der Waals surface area contributed by atoms with E-state index in [9.17, 15) is 9.59 Å². The number of thiophene rings is 1. The zero-order chi connectivity index (χ0) is 22.1. The van der Waals surface area contributed by atoms with Crippen molar-refractivity contribution in [2.24, 2.45) is 0 Å². The van der Waals surface area contributed by atoms with Gasteiger partial charge in [0.25, 0.3) is 5.56 Å². The van der Waals surface area contributed by atoms with Gasteiger partial charge in [-0.3, -0.25) is 19.1 Å². The summed E-state index contributed by atoms with van der Waals surface area (Å²) in [7, 11) is 0. The molecule has 1 aliphatic heterocycles. The second-order valence-electron chi connectivity index (χ2n) is 8.70. The van der Waals surface area contributed by atoms with Crippen molar-refractivity contribution in [2.75, 3.05) is 26.2 Å². The Labute approximate surface area is 196 Å². The number of carbonyl (C=O) groups excluding carboxylic acids is 1. The van der Waals surface area contributed by atoms with Crippen molar-refractivity contribution in [1.82, 2.24) is 19.4 Å². The Morgan fingerprint density at radius 1 is 1.19 bits per heavy atom. The van der Waals surface area contributed by atoms with E-state index < -0.39 is 0 Å². The van der Waals surface area contributed by atoms with E-state index in [1.807, 2.05) is 29.2 Å². The number of hydrogen-bond donors (Lipinski definition) is 0. The molecule has 3 aromatic rings. The van der Waals surface area contributed by atoms with Gasteiger partial charge in [0, 0.05) is 48.7 Å². The van der Waals surface area contributed by atoms with Gasteiger partial charge >= 0.3 is 0 Å². The van der Waals surface area contributed by atoms with Gasteiger partial charge in [0.1, 0.15) is 4.83 Å². The summed E-state index contributed by atoms with van der Waals surface area (Å²) in [4.78, 5) is 35.7. The molecule has 1 fully saturated rings. The fraction of sp³-hybridized carbons (Fsp3) is 0.458. The molecule has 1 amide bonds.